The highest BCUT2D eigenvalue weighted by Crippen LogP contribution is 2.11. The van der Waals surface area contributed by atoms with Gasteiger partial charge in [0.25, 0.3) is 0 Å². The number of nitrogens with one attached hydrogen (secondary N) is 3. The molecule has 5 N–H and O–H groups in total. The number of hydrazine groups is 1. The standard InChI is InChI=1S/C15H24N4O3S/c1-2-3-12-10-14(19-18-12)15(20)17-9-8-11-4-6-13(7-5-11)23(16,21)22/h4-7,12,14,18-19H,2-3,8-10H2,1H3,(H,17,20)(H2,16,21,22). The van der Waals surface area contributed by atoms with Gasteiger partial charge in [-0.15, -0.1) is 0 Å². The second-order valence-corrected chi connectivity index (χ2v) is 7.35. The first-order valence-corrected chi connectivity index (χ1v) is 9.35. The van der Waals surface area contributed by atoms with Gasteiger partial charge >= 0.3 is 0 Å². The van der Waals surface area contributed by atoms with Crippen molar-refractivity contribution in [1.29, 1.82) is 0 Å². The average molecular weight is 340 g/mol. The molecule has 7 nitrogen and oxygen atoms in total. The molecule has 1 aromatic carbocycles. The van der Waals surface area contributed by atoms with Crippen LogP contribution in [0, 0.1) is 0 Å². The third-order valence-electron chi connectivity index (χ3n) is 3.90. The summed E-state index contributed by atoms with van der Waals surface area (Å²) in [5.74, 6) is -0.0164. The number of nitrogens with two attached hydrogens (primary N) is 1. The SMILES string of the molecule is CCCC1CC(C(=O)NCCc2ccc(S(N)(=O)=O)cc2)NN1. The number of hydrogen-bond acceptors (Lipinski definition) is 5. The van der Waals surface area contributed by atoms with Crippen molar-refractivity contribution in [2.45, 2.75) is 49.6 Å². The van der Waals surface area contributed by atoms with Crippen LogP contribution in [-0.4, -0.2) is 33.0 Å². The molecular weight excluding hydrogens is 316 g/mol. The molecule has 2 atom stereocenters. The quantitative estimate of drug-likeness (QED) is 0.559. The van der Waals surface area contributed by atoms with Gasteiger partial charge in [-0.1, -0.05) is 25.5 Å². The summed E-state index contributed by atoms with van der Waals surface area (Å²) in [7, 11) is -3.66. The predicted octanol–water partition coefficient (Wildman–Crippen LogP) is 0.0279. The number of carbonyl (C=O) groups excluding carboxylic acids is 1. The molecule has 1 amide bonds. The minimum atomic E-state index is -3.66. The number of hydrogen-bond donors (Lipinski definition) is 4. The fourth-order valence-corrected chi connectivity index (χ4v) is 3.15. The molecule has 0 saturated carbocycles. The second kappa shape index (κ2) is 7.87. The molecular formula is C15H24N4O3S. The number of sulfonamides is 1. The Morgan fingerprint density at radius 1 is 1.30 bits per heavy atom. The Balaban J connectivity index is 1.76. The number of primary sulfonamides is 1. The maximum Gasteiger partial charge on any atom is 0.238 e. The molecule has 23 heavy (non-hydrogen) atoms. The van der Waals surface area contributed by atoms with E-state index in [0.717, 1.165) is 24.8 Å². The molecule has 1 aliphatic heterocycles. The molecule has 0 radical (unpaired) electrons. The third-order valence-corrected chi connectivity index (χ3v) is 4.83. The van der Waals surface area contributed by atoms with E-state index in [9.17, 15) is 13.2 Å². The van der Waals surface area contributed by atoms with Crippen molar-refractivity contribution in [3.05, 3.63) is 29.8 Å². The number of rotatable bonds is 7. The molecule has 1 aromatic rings. The monoisotopic (exact) mass is 340 g/mol. The van der Waals surface area contributed by atoms with Crippen molar-refractivity contribution in [2.75, 3.05) is 6.54 Å². The van der Waals surface area contributed by atoms with Crippen molar-refractivity contribution in [3.63, 3.8) is 0 Å². The van der Waals surface area contributed by atoms with Gasteiger partial charge in [-0.05, 0) is 37.0 Å². The Morgan fingerprint density at radius 2 is 2.00 bits per heavy atom. The summed E-state index contributed by atoms with van der Waals surface area (Å²) < 4.78 is 22.4. The Morgan fingerprint density at radius 3 is 2.61 bits per heavy atom. The predicted molar refractivity (Wildman–Crippen MR) is 87.9 cm³/mol. The Hall–Kier alpha value is -1.48. The van der Waals surface area contributed by atoms with E-state index in [2.05, 4.69) is 23.1 Å². The largest absolute Gasteiger partial charge is 0.354 e. The first-order chi connectivity index (χ1) is 10.9. The molecule has 0 bridgehead atoms. The Labute approximate surface area is 137 Å². The highest BCUT2D eigenvalue weighted by Gasteiger charge is 2.28. The van der Waals surface area contributed by atoms with Gasteiger partial charge in [0, 0.05) is 12.6 Å². The van der Waals surface area contributed by atoms with E-state index in [1.807, 2.05) is 0 Å². The van der Waals surface area contributed by atoms with Crippen molar-refractivity contribution < 1.29 is 13.2 Å². The summed E-state index contributed by atoms with van der Waals surface area (Å²) in [6, 6.07) is 6.52. The van der Waals surface area contributed by atoms with Crippen LogP contribution in [0.1, 0.15) is 31.7 Å². The van der Waals surface area contributed by atoms with E-state index in [4.69, 9.17) is 5.14 Å². The number of benzene rings is 1. The highest BCUT2D eigenvalue weighted by atomic mass is 32.2. The molecule has 1 saturated heterocycles. The van der Waals surface area contributed by atoms with E-state index < -0.39 is 10.0 Å². The summed E-state index contributed by atoms with van der Waals surface area (Å²) in [6.45, 7) is 2.63. The molecule has 1 heterocycles. The molecule has 128 valence electrons. The number of amides is 1. The molecule has 0 aromatic heterocycles. The molecule has 1 aliphatic rings. The smallest absolute Gasteiger partial charge is 0.238 e. The van der Waals surface area contributed by atoms with Crippen LogP contribution in [-0.2, 0) is 21.2 Å². The topological polar surface area (TPSA) is 113 Å². The molecule has 2 unspecified atom stereocenters. The van der Waals surface area contributed by atoms with Crippen LogP contribution in [0.4, 0.5) is 0 Å². The molecule has 0 spiro atoms. The fourth-order valence-electron chi connectivity index (χ4n) is 2.63. The number of carbonyl (C=O) groups is 1. The van der Waals surface area contributed by atoms with Crippen molar-refractivity contribution >= 4 is 15.9 Å². The van der Waals surface area contributed by atoms with Crippen LogP contribution in [0.2, 0.25) is 0 Å². The van der Waals surface area contributed by atoms with Gasteiger partial charge in [-0.3, -0.25) is 10.2 Å². The van der Waals surface area contributed by atoms with Crippen LogP contribution in [0.15, 0.2) is 29.2 Å². The maximum atomic E-state index is 12.1. The zero-order valence-corrected chi connectivity index (χ0v) is 14.0. The fraction of sp³-hybridized carbons (Fsp3) is 0.533. The summed E-state index contributed by atoms with van der Waals surface area (Å²) in [5.41, 5.74) is 7.10. The van der Waals surface area contributed by atoms with Crippen LogP contribution >= 0.6 is 0 Å². The minimum Gasteiger partial charge on any atom is -0.354 e. The molecule has 2 rings (SSSR count). The Bertz CT molecular complexity index is 631. The lowest BCUT2D eigenvalue weighted by Crippen LogP contribution is -2.43. The first-order valence-electron chi connectivity index (χ1n) is 7.80. The summed E-state index contributed by atoms with van der Waals surface area (Å²) >= 11 is 0. The van der Waals surface area contributed by atoms with Gasteiger partial charge in [0.15, 0.2) is 0 Å². The van der Waals surface area contributed by atoms with Crippen molar-refractivity contribution in [2.24, 2.45) is 5.14 Å². The maximum absolute atomic E-state index is 12.1. The normalized spacial score (nSPS) is 21.3. The molecule has 1 fully saturated rings. The molecule has 8 heteroatoms. The summed E-state index contributed by atoms with van der Waals surface area (Å²) in [5, 5.41) is 7.95. The summed E-state index contributed by atoms with van der Waals surface area (Å²) in [4.78, 5) is 12.2. The van der Waals surface area contributed by atoms with Gasteiger partial charge in [0.1, 0.15) is 6.04 Å². The van der Waals surface area contributed by atoms with Gasteiger partial charge in [0.2, 0.25) is 15.9 Å². The lowest BCUT2D eigenvalue weighted by molar-refractivity contribution is -0.122. The van der Waals surface area contributed by atoms with Crippen LogP contribution in [0.3, 0.4) is 0 Å². The van der Waals surface area contributed by atoms with E-state index in [1.54, 1.807) is 12.1 Å². The van der Waals surface area contributed by atoms with E-state index in [0.29, 0.717) is 19.0 Å². The van der Waals surface area contributed by atoms with Crippen LogP contribution in [0.5, 0.6) is 0 Å². The van der Waals surface area contributed by atoms with E-state index in [-0.39, 0.29) is 16.8 Å². The van der Waals surface area contributed by atoms with Crippen molar-refractivity contribution in [1.82, 2.24) is 16.2 Å². The highest BCUT2D eigenvalue weighted by molar-refractivity contribution is 7.89. The van der Waals surface area contributed by atoms with Crippen LogP contribution in [0.25, 0.3) is 0 Å². The van der Waals surface area contributed by atoms with Gasteiger partial charge in [-0.2, -0.15) is 0 Å². The zero-order valence-electron chi connectivity index (χ0n) is 13.2. The van der Waals surface area contributed by atoms with Gasteiger partial charge in [0.05, 0.1) is 4.90 Å². The van der Waals surface area contributed by atoms with E-state index in [1.165, 1.54) is 12.1 Å². The van der Waals surface area contributed by atoms with Crippen LogP contribution < -0.4 is 21.3 Å². The zero-order chi connectivity index (χ0) is 16.9. The average Bonchev–Trinajstić information content (AvgIpc) is 2.96. The van der Waals surface area contributed by atoms with Crippen molar-refractivity contribution in [3.8, 4) is 0 Å². The van der Waals surface area contributed by atoms with Gasteiger partial charge in [-0.25, -0.2) is 19.0 Å². The van der Waals surface area contributed by atoms with Gasteiger partial charge < -0.3 is 5.32 Å². The summed E-state index contributed by atoms with van der Waals surface area (Å²) in [6.07, 6.45) is 3.56. The lowest BCUT2D eigenvalue weighted by atomic mass is 10.1. The van der Waals surface area contributed by atoms with E-state index >= 15 is 0 Å². The Kier molecular flexibility index (Phi) is 6.11. The second-order valence-electron chi connectivity index (χ2n) is 5.79. The third kappa shape index (κ3) is 5.28. The lowest BCUT2D eigenvalue weighted by Gasteiger charge is -2.10. The first kappa shape index (κ1) is 17.9. The minimum absolute atomic E-state index is 0.0164. The molecule has 0 aliphatic carbocycles.